The molecule has 32 heavy (non-hydrogen) atoms. The number of ether oxygens (including phenoxy) is 1. The number of nitrogens with two attached hydrogens (primary N) is 1. The summed E-state index contributed by atoms with van der Waals surface area (Å²) in [4.78, 5) is 23.9. The summed E-state index contributed by atoms with van der Waals surface area (Å²) in [7, 11) is 0. The number of carbonyl (C=O) groups excluding carboxylic acids is 2. The lowest BCUT2D eigenvalue weighted by Gasteiger charge is -2.26. The minimum atomic E-state index is -0.537. The van der Waals surface area contributed by atoms with E-state index in [0.29, 0.717) is 22.9 Å². The zero-order chi connectivity index (χ0) is 22.5. The number of hydrazone groups is 1. The van der Waals surface area contributed by atoms with E-state index in [1.807, 2.05) is 46.4 Å². The van der Waals surface area contributed by atoms with E-state index in [0.717, 1.165) is 37.2 Å². The van der Waals surface area contributed by atoms with Crippen LogP contribution in [0.1, 0.15) is 37.3 Å². The third-order valence-corrected chi connectivity index (χ3v) is 5.78. The van der Waals surface area contributed by atoms with Crippen LogP contribution in [-0.2, 0) is 9.59 Å². The van der Waals surface area contributed by atoms with E-state index in [1.165, 1.54) is 6.42 Å². The molecule has 1 unspecified atom stereocenters. The Hall–Kier alpha value is -3.10. The van der Waals surface area contributed by atoms with Gasteiger partial charge in [-0.3, -0.25) is 20.0 Å². The highest BCUT2D eigenvalue weighted by Gasteiger charge is 2.33. The highest BCUT2D eigenvalue weighted by molar-refractivity contribution is 6.39. The maximum absolute atomic E-state index is 12.9. The molecule has 2 aliphatic heterocycles. The Morgan fingerprint density at radius 1 is 1.06 bits per heavy atom. The number of carbonyl (C=O) groups is 2. The summed E-state index contributed by atoms with van der Waals surface area (Å²) in [6.45, 7) is 1.53. The van der Waals surface area contributed by atoms with Gasteiger partial charge in [-0.15, -0.1) is 0 Å². The summed E-state index contributed by atoms with van der Waals surface area (Å²) in [6.07, 6.45) is 3.83. The number of primary amides is 1. The first kappa shape index (κ1) is 22.1. The van der Waals surface area contributed by atoms with Gasteiger partial charge < -0.3 is 10.5 Å². The van der Waals surface area contributed by atoms with Gasteiger partial charge in [-0.1, -0.05) is 30.2 Å². The predicted molar refractivity (Wildman–Crippen MR) is 123 cm³/mol. The standard InChI is InChI=1S/C23H26ClN5O3/c24-17-6-4-16(5-7-17)21-14-20(23(31)27-28-12-2-1-3-13-28)26-29(21)18-8-10-19(11-9-18)32-15-22(25)30/h4-11,21H,1-3,12-15H2,(H2,25,30)(H,27,31). The molecule has 2 amide bonds. The summed E-state index contributed by atoms with van der Waals surface area (Å²) >= 11 is 6.07. The zero-order valence-corrected chi connectivity index (χ0v) is 18.4. The number of rotatable bonds is 7. The number of halogens is 1. The number of hydrogen-bond acceptors (Lipinski definition) is 6. The van der Waals surface area contributed by atoms with Crippen molar-refractivity contribution >= 4 is 34.8 Å². The zero-order valence-electron chi connectivity index (χ0n) is 17.7. The fraction of sp³-hybridized carbons (Fsp3) is 0.348. The predicted octanol–water partition coefficient (Wildman–Crippen LogP) is 3.03. The largest absolute Gasteiger partial charge is 0.484 e. The molecule has 2 heterocycles. The van der Waals surface area contributed by atoms with Gasteiger partial charge in [0.05, 0.1) is 11.7 Å². The first-order valence-electron chi connectivity index (χ1n) is 10.7. The molecular weight excluding hydrogens is 430 g/mol. The molecule has 0 aliphatic carbocycles. The van der Waals surface area contributed by atoms with Gasteiger partial charge in [0.2, 0.25) is 0 Å². The summed E-state index contributed by atoms with van der Waals surface area (Å²) in [6, 6.07) is 14.6. The van der Waals surface area contributed by atoms with Crippen molar-refractivity contribution in [1.82, 2.24) is 10.4 Å². The number of hydrogen-bond donors (Lipinski definition) is 2. The molecule has 0 saturated carbocycles. The molecule has 3 N–H and O–H groups in total. The Balaban J connectivity index is 1.55. The van der Waals surface area contributed by atoms with Crippen LogP contribution in [0.5, 0.6) is 5.75 Å². The molecule has 2 aromatic carbocycles. The molecule has 2 aliphatic rings. The smallest absolute Gasteiger partial charge is 0.281 e. The van der Waals surface area contributed by atoms with Gasteiger partial charge in [0.1, 0.15) is 11.5 Å². The summed E-state index contributed by atoms with van der Waals surface area (Å²) in [5, 5.41) is 9.13. The molecule has 0 radical (unpaired) electrons. The molecule has 0 aromatic heterocycles. The van der Waals surface area contributed by atoms with E-state index in [2.05, 4.69) is 10.5 Å². The summed E-state index contributed by atoms with van der Waals surface area (Å²) < 4.78 is 5.34. The maximum atomic E-state index is 12.9. The van der Waals surface area contributed by atoms with Crippen molar-refractivity contribution in [3.63, 3.8) is 0 Å². The number of nitrogens with zero attached hydrogens (tertiary/aromatic N) is 3. The van der Waals surface area contributed by atoms with Crippen LogP contribution in [0, 0.1) is 0 Å². The Labute approximate surface area is 191 Å². The SMILES string of the molecule is NC(=O)COc1ccc(N2N=C(C(=O)NN3CCCCC3)CC2c2ccc(Cl)cc2)cc1. The minimum absolute atomic E-state index is 0.147. The van der Waals surface area contributed by atoms with Crippen LogP contribution in [-0.4, -0.2) is 42.2 Å². The van der Waals surface area contributed by atoms with Crippen LogP contribution in [0.25, 0.3) is 0 Å². The molecule has 1 fully saturated rings. The molecule has 168 valence electrons. The van der Waals surface area contributed by atoms with E-state index in [4.69, 9.17) is 22.1 Å². The lowest BCUT2D eigenvalue weighted by Crippen LogP contribution is -2.47. The topological polar surface area (TPSA) is 100 Å². The van der Waals surface area contributed by atoms with Crippen molar-refractivity contribution < 1.29 is 14.3 Å². The van der Waals surface area contributed by atoms with Gasteiger partial charge in [0.15, 0.2) is 6.61 Å². The lowest BCUT2D eigenvalue weighted by molar-refractivity contribution is -0.120. The van der Waals surface area contributed by atoms with Gasteiger partial charge in [0.25, 0.3) is 11.8 Å². The van der Waals surface area contributed by atoms with Crippen molar-refractivity contribution in [3.05, 3.63) is 59.1 Å². The van der Waals surface area contributed by atoms with Gasteiger partial charge in [-0.25, -0.2) is 5.01 Å². The van der Waals surface area contributed by atoms with Crippen molar-refractivity contribution in [2.75, 3.05) is 24.7 Å². The monoisotopic (exact) mass is 455 g/mol. The fourth-order valence-corrected chi connectivity index (χ4v) is 4.02. The Morgan fingerprint density at radius 3 is 2.41 bits per heavy atom. The number of hydrazine groups is 1. The highest BCUT2D eigenvalue weighted by atomic mass is 35.5. The van der Waals surface area contributed by atoms with Crippen molar-refractivity contribution in [1.29, 1.82) is 0 Å². The number of benzene rings is 2. The average Bonchev–Trinajstić information content (AvgIpc) is 3.25. The van der Waals surface area contributed by atoms with E-state index in [9.17, 15) is 9.59 Å². The molecule has 0 bridgehead atoms. The van der Waals surface area contributed by atoms with Crippen molar-refractivity contribution in [2.24, 2.45) is 10.8 Å². The molecule has 1 atom stereocenters. The second-order valence-corrected chi connectivity index (χ2v) is 8.34. The van der Waals surface area contributed by atoms with Crippen LogP contribution < -0.4 is 20.9 Å². The Kier molecular flexibility index (Phi) is 6.92. The number of piperidine rings is 1. The number of nitrogens with one attached hydrogen (secondary N) is 1. The number of anilines is 1. The molecule has 0 spiro atoms. The maximum Gasteiger partial charge on any atom is 0.281 e. The van der Waals surface area contributed by atoms with Gasteiger partial charge in [-0.2, -0.15) is 5.10 Å². The molecule has 8 nitrogen and oxygen atoms in total. The number of amides is 2. The highest BCUT2D eigenvalue weighted by Crippen LogP contribution is 2.36. The fourth-order valence-electron chi connectivity index (χ4n) is 3.89. The Bertz CT molecular complexity index is 988. The minimum Gasteiger partial charge on any atom is -0.484 e. The van der Waals surface area contributed by atoms with Gasteiger partial charge in [0, 0.05) is 24.5 Å². The third kappa shape index (κ3) is 5.38. The van der Waals surface area contributed by atoms with E-state index in [-0.39, 0.29) is 18.6 Å². The molecule has 9 heteroatoms. The molecule has 2 aromatic rings. The first-order chi connectivity index (χ1) is 15.5. The average molecular weight is 456 g/mol. The molecular formula is C23H26ClN5O3. The van der Waals surface area contributed by atoms with E-state index >= 15 is 0 Å². The van der Waals surface area contributed by atoms with Gasteiger partial charge in [-0.05, 0) is 54.8 Å². The Morgan fingerprint density at radius 2 is 1.75 bits per heavy atom. The quantitative estimate of drug-likeness (QED) is 0.668. The van der Waals surface area contributed by atoms with E-state index < -0.39 is 5.91 Å². The van der Waals surface area contributed by atoms with E-state index in [1.54, 1.807) is 12.1 Å². The third-order valence-electron chi connectivity index (χ3n) is 5.53. The normalized spacial score (nSPS) is 18.8. The van der Waals surface area contributed by atoms with Crippen molar-refractivity contribution in [3.8, 4) is 5.75 Å². The van der Waals surface area contributed by atoms with Crippen LogP contribution in [0.15, 0.2) is 53.6 Å². The van der Waals surface area contributed by atoms with Gasteiger partial charge >= 0.3 is 0 Å². The van der Waals surface area contributed by atoms with Crippen molar-refractivity contribution in [2.45, 2.75) is 31.7 Å². The second-order valence-electron chi connectivity index (χ2n) is 7.90. The first-order valence-corrected chi connectivity index (χ1v) is 11.1. The molecule has 1 saturated heterocycles. The van der Waals surface area contributed by atoms with Crippen LogP contribution in [0.3, 0.4) is 0 Å². The van der Waals surface area contributed by atoms with Crippen LogP contribution in [0.2, 0.25) is 5.02 Å². The molecule has 4 rings (SSSR count). The second kappa shape index (κ2) is 10.0. The summed E-state index contributed by atoms with van der Waals surface area (Å²) in [5.41, 5.74) is 10.4. The van der Waals surface area contributed by atoms with Crippen LogP contribution >= 0.6 is 11.6 Å². The lowest BCUT2D eigenvalue weighted by atomic mass is 10.0. The van der Waals surface area contributed by atoms with Crippen LogP contribution in [0.4, 0.5) is 5.69 Å². The summed E-state index contributed by atoms with van der Waals surface area (Å²) in [5.74, 6) is -0.179.